The summed E-state index contributed by atoms with van der Waals surface area (Å²) in [6, 6.07) is 20.7. The van der Waals surface area contributed by atoms with E-state index in [0.717, 1.165) is 16.6 Å². The molecule has 0 saturated carbocycles. The van der Waals surface area contributed by atoms with E-state index in [2.05, 4.69) is 69.9 Å². The van der Waals surface area contributed by atoms with Gasteiger partial charge in [-0.1, -0.05) is 111 Å². The van der Waals surface area contributed by atoms with Crippen LogP contribution < -0.4 is 0 Å². The van der Waals surface area contributed by atoms with Crippen LogP contribution >= 0.6 is 0 Å². The van der Waals surface area contributed by atoms with Crippen LogP contribution in [0.2, 0.25) is 0 Å². The molecule has 1 aromatic heterocycles. The van der Waals surface area contributed by atoms with Crippen LogP contribution in [-0.4, -0.2) is 15.3 Å². The van der Waals surface area contributed by atoms with Crippen molar-refractivity contribution in [2.75, 3.05) is 0 Å². The molecule has 0 saturated heterocycles. The maximum absolute atomic E-state index is 13.1. The van der Waals surface area contributed by atoms with Gasteiger partial charge >= 0.3 is 0 Å². The molecule has 0 spiro atoms. The number of benzene rings is 3. The number of aromatic nitrogens is 2. The van der Waals surface area contributed by atoms with E-state index < -0.39 is 0 Å². The van der Waals surface area contributed by atoms with Gasteiger partial charge in [0.2, 0.25) is 0 Å². The molecule has 0 aliphatic heterocycles. The molecule has 0 aliphatic rings. The summed E-state index contributed by atoms with van der Waals surface area (Å²) in [7, 11) is 0. The zero-order valence-electron chi connectivity index (χ0n) is 22.7. The number of aromatic amines is 1. The zero-order valence-corrected chi connectivity index (χ0v) is 22.7. The van der Waals surface area contributed by atoms with Gasteiger partial charge in [-0.2, -0.15) is 5.10 Å². The highest BCUT2D eigenvalue weighted by Crippen LogP contribution is 2.30. The van der Waals surface area contributed by atoms with Crippen LogP contribution in [0.5, 0.6) is 5.75 Å². The van der Waals surface area contributed by atoms with Crippen LogP contribution in [0.25, 0.3) is 10.9 Å². The third kappa shape index (κ3) is 7.95. The molecule has 35 heavy (non-hydrogen) atoms. The molecule has 0 aliphatic carbocycles. The van der Waals surface area contributed by atoms with Gasteiger partial charge in [-0.25, -0.2) is 4.39 Å². The lowest BCUT2D eigenvalue weighted by Crippen LogP contribution is -2.12. The lowest BCUT2D eigenvalue weighted by Gasteiger charge is -2.19. The summed E-state index contributed by atoms with van der Waals surface area (Å²) >= 11 is 0. The monoisotopic (exact) mass is 476 g/mol. The van der Waals surface area contributed by atoms with Crippen LogP contribution in [0.3, 0.4) is 0 Å². The Kier molecular flexibility index (Phi) is 8.89. The quantitative estimate of drug-likeness (QED) is 0.267. The molecule has 188 valence electrons. The van der Waals surface area contributed by atoms with Crippen LogP contribution in [-0.2, 0) is 16.2 Å². The van der Waals surface area contributed by atoms with Gasteiger partial charge in [0, 0.05) is 5.39 Å². The van der Waals surface area contributed by atoms with Gasteiger partial charge in [-0.15, -0.1) is 0 Å². The maximum Gasteiger partial charge on any atom is 0.126 e. The highest BCUT2D eigenvalue weighted by Gasteiger charge is 2.18. The Balaban J connectivity index is 0.000000186. The van der Waals surface area contributed by atoms with Gasteiger partial charge in [0.05, 0.1) is 11.7 Å². The predicted molar refractivity (Wildman–Crippen MR) is 147 cm³/mol. The van der Waals surface area contributed by atoms with Crippen molar-refractivity contribution in [1.82, 2.24) is 10.2 Å². The Bertz CT molecular complexity index is 1170. The number of aromatic hydroxyl groups is 1. The number of phenols is 1. The maximum atomic E-state index is 13.1. The number of hydrogen-bond acceptors (Lipinski definition) is 2. The molecule has 4 heteroatoms. The van der Waals surface area contributed by atoms with Crippen LogP contribution in [0, 0.1) is 5.82 Å². The number of nitrogens with one attached hydrogen (secondary N) is 1. The first-order valence-electron chi connectivity index (χ1n) is 12.1. The van der Waals surface area contributed by atoms with E-state index in [1.54, 1.807) is 12.1 Å². The summed E-state index contributed by atoms with van der Waals surface area (Å²) in [5, 5.41) is 17.7. The van der Waals surface area contributed by atoms with Gasteiger partial charge in [-0.05, 0) is 51.1 Å². The van der Waals surface area contributed by atoms with Gasteiger partial charge in [0.15, 0.2) is 0 Å². The normalized spacial score (nSPS) is 11.8. The zero-order chi connectivity index (χ0) is 26.4. The number of phenolic OH excluding ortho intramolecular Hbond substituents is 1. The Hall–Kier alpha value is -3.14. The molecule has 0 amide bonds. The summed E-state index contributed by atoms with van der Waals surface area (Å²) in [4.78, 5) is 0. The second kappa shape index (κ2) is 11.1. The minimum Gasteiger partial charge on any atom is -0.508 e. The number of hydrogen-bond donors (Lipinski definition) is 2. The highest BCUT2D eigenvalue weighted by atomic mass is 19.1. The minimum atomic E-state index is -0.111. The molecule has 3 aromatic carbocycles. The van der Waals surface area contributed by atoms with Gasteiger partial charge in [0.25, 0.3) is 0 Å². The first-order valence-corrected chi connectivity index (χ1v) is 12.1. The molecule has 3 nitrogen and oxygen atoms in total. The molecule has 2 N–H and O–H groups in total. The van der Waals surface area contributed by atoms with Crippen molar-refractivity contribution in [2.45, 2.75) is 78.6 Å². The second-order valence-corrected chi connectivity index (χ2v) is 11.9. The fourth-order valence-corrected chi connectivity index (χ4v) is 3.80. The van der Waals surface area contributed by atoms with Crippen molar-refractivity contribution < 1.29 is 9.50 Å². The van der Waals surface area contributed by atoms with Crippen molar-refractivity contribution in [3.8, 4) is 5.75 Å². The van der Waals surface area contributed by atoms with E-state index >= 15 is 0 Å². The van der Waals surface area contributed by atoms with E-state index in [1.807, 2.05) is 57.3 Å². The minimum absolute atomic E-state index is 0.0331. The molecule has 0 unspecified atom stereocenters. The topological polar surface area (TPSA) is 48.9 Å². The van der Waals surface area contributed by atoms with E-state index in [4.69, 9.17) is 0 Å². The summed E-state index contributed by atoms with van der Waals surface area (Å²) in [6.07, 6.45) is 1.90. The molecular formula is C31H41FN2O. The Morgan fingerprint density at radius 1 is 0.629 bits per heavy atom. The number of fused-ring (bicyclic) bond motifs is 1. The van der Waals surface area contributed by atoms with Gasteiger partial charge < -0.3 is 5.11 Å². The van der Waals surface area contributed by atoms with E-state index in [-0.39, 0.29) is 22.1 Å². The van der Waals surface area contributed by atoms with Crippen molar-refractivity contribution in [3.05, 3.63) is 95.4 Å². The van der Waals surface area contributed by atoms with Crippen molar-refractivity contribution in [3.63, 3.8) is 0 Å². The average Bonchev–Trinajstić information content (AvgIpc) is 3.22. The molecule has 1 heterocycles. The third-order valence-corrected chi connectivity index (χ3v) is 5.69. The van der Waals surface area contributed by atoms with Crippen molar-refractivity contribution in [2.24, 2.45) is 0 Å². The van der Waals surface area contributed by atoms with E-state index in [1.165, 1.54) is 17.0 Å². The fourth-order valence-electron chi connectivity index (χ4n) is 3.80. The number of halogens is 1. The van der Waals surface area contributed by atoms with Gasteiger partial charge in [0.1, 0.15) is 11.6 Å². The van der Waals surface area contributed by atoms with Gasteiger partial charge in [-0.3, -0.25) is 5.10 Å². The first-order chi connectivity index (χ1) is 16.1. The van der Waals surface area contributed by atoms with Crippen molar-refractivity contribution >= 4 is 10.9 Å². The predicted octanol–water partition coefficient (Wildman–Crippen LogP) is 8.67. The molecule has 4 rings (SSSR count). The summed E-state index contributed by atoms with van der Waals surface area (Å²) in [5.41, 5.74) is 4.37. The third-order valence-electron chi connectivity index (χ3n) is 5.69. The van der Waals surface area contributed by atoms with E-state index in [9.17, 15) is 9.50 Å². The largest absolute Gasteiger partial charge is 0.508 e. The summed E-state index contributed by atoms with van der Waals surface area (Å²) < 4.78 is 13.1. The Morgan fingerprint density at radius 2 is 1.11 bits per heavy atom. The number of H-pyrrole nitrogens is 1. The smallest absolute Gasteiger partial charge is 0.126 e. The average molecular weight is 477 g/mol. The number of rotatable bonds is 0. The van der Waals surface area contributed by atoms with Crippen LogP contribution in [0.4, 0.5) is 4.39 Å². The standard InChI is InChI=1S/C11H14N2.C10H13F.C10H14O/c1-11(2,3)9-5-4-6-10-8(9)7-12-13-10;2*1-10(2,3)8-6-4-5-7-9(8)11/h4-7H,1-3H3,(H,12,13);4-7H,1-3H3;4-7,11H,1-3H3. The summed E-state index contributed by atoms with van der Waals surface area (Å²) in [5.74, 6) is 0.278. The lowest BCUT2D eigenvalue weighted by molar-refractivity contribution is 0.447. The Labute approximate surface area is 210 Å². The number of para-hydroxylation sites is 1. The second-order valence-electron chi connectivity index (χ2n) is 11.9. The highest BCUT2D eigenvalue weighted by molar-refractivity contribution is 5.82. The molecule has 0 radical (unpaired) electrons. The first kappa shape index (κ1) is 28.1. The van der Waals surface area contributed by atoms with Crippen LogP contribution in [0.1, 0.15) is 79.0 Å². The SMILES string of the molecule is CC(C)(C)c1cccc2[nH]ncc12.CC(C)(C)c1ccccc1F.CC(C)(C)c1ccccc1O. The van der Waals surface area contributed by atoms with E-state index in [0.29, 0.717) is 5.75 Å². The Morgan fingerprint density at radius 3 is 1.57 bits per heavy atom. The molecule has 0 bridgehead atoms. The molecule has 0 fully saturated rings. The van der Waals surface area contributed by atoms with Crippen LogP contribution in [0.15, 0.2) is 72.9 Å². The van der Waals surface area contributed by atoms with Crippen molar-refractivity contribution in [1.29, 1.82) is 0 Å². The number of nitrogens with zero attached hydrogens (tertiary/aromatic N) is 1. The lowest BCUT2D eigenvalue weighted by atomic mass is 9.85. The molecular weight excluding hydrogens is 435 g/mol. The molecule has 4 aromatic rings. The summed E-state index contributed by atoms with van der Waals surface area (Å²) in [6.45, 7) is 18.9. The molecule has 0 atom stereocenters. The fraction of sp³-hybridized carbons (Fsp3) is 0.387.